The summed E-state index contributed by atoms with van der Waals surface area (Å²) >= 11 is 0. The lowest BCUT2D eigenvalue weighted by Crippen LogP contribution is -2.26. The minimum atomic E-state index is -0.817. The number of benzene rings is 1. The van der Waals surface area contributed by atoms with Crippen LogP contribution < -0.4 is 5.32 Å². The zero-order valence-electron chi connectivity index (χ0n) is 13.1. The lowest BCUT2D eigenvalue weighted by Gasteiger charge is -2.15. The summed E-state index contributed by atoms with van der Waals surface area (Å²) in [5.41, 5.74) is 0.892. The molecule has 1 N–H and O–H groups in total. The van der Waals surface area contributed by atoms with Crippen LogP contribution in [0.2, 0.25) is 0 Å². The van der Waals surface area contributed by atoms with Crippen LogP contribution in [0.15, 0.2) is 34.7 Å². The van der Waals surface area contributed by atoms with Gasteiger partial charge in [0.2, 0.25) is 0 Å². The van der Waals surface area contributed by atoms with E-state index in [-0.39, 0.29) is 6.04 Å². The third-order valence-corrected chi connectivity index (χ3v) is 4.91. The maximum Gasteiger partial charge on any atom is 0.134 e. The Kier molecular flexibility index (Phi) is 6.00. The second-order valence-electron chi connectivity index (χ2n) is 5.79. The number of fused-ring (bicyclic) bond motifs is 1. The first-order chi connectivity index (χ1) is 10.1. The maximum atomic E-state index is 12.3. The highest BCUT2D eigenvalue weighted by molar-refractivity contribution is 7.85. The van der Waals surface area contributed by atoms with Gasteiger partial charge in [0.1, 0.15) is 11.3 Å². The minimum Gasteiger partial charge on any atom is -0.459 e. The van der Waals surface area contributed by atoms with Crippen LogP contribution >= 0.6 is 0 Å². The molecule has 0 spiro atoms. The molecule has 0 saturated heterocycles. The highest BCUT2D eigenvalue weighted by atomic mass is 32.2. The molecule has 1 aromatic carbocycles. The Morgan fingerprint density at radius 2 is 2.05 bits per heavy atom. The Bertz CT molecular complexity index is 558. The molecule has 0 aliphatic rings. The molecule has 0 bridgehead atoms. The number of furan rings is 1. The van der Waals surface area contributed by atoms with Crippen LogP contribution in [0.1, 0.15) is 39.0 Å². The van der Waals surface area contributed by atoms with Crippen molar-refractivity contribution in [2.24, 2.45) is 5.92 Å². The Hall–Kier alpha value is -1.13. The van der Waals surface area contributed by atoms with Crippen LogP contribution in [0.4, 0.5) is 0 Å². The zero-order valence-corrected chi connectivity index (χ0v) is 13.9. The quantitative estimate of drug-likeness (QED) is 0.805. The Labute approximate surface area is 129 Å². The fourth-order valence-corrected chi connectivity index (χ4v) is 3.85. The van der Waals surface area contributed by atoms with Crippen LogP contribution in [0.3, 0.4) is 0 Å². The van der Waals surface area contributed by atoms with Crippen LogP contribution in [-0.2, 0) is 10.8 Å². The first kappa shape index (κ1) is 16.2. The SMILES string of the molecule is CCNC(CS(=O)CCC(C)C)c1cc2ccccc2o1. The van der Waals surface area contributed by atoms with Crippen molar-refractivity contribution in [1.82, 2.24) is 5.32 Å². The van der Waals surface area contributed by atoms with E-state index in [1.165, 1.54) is 0 Å². The molecule has 0 fully saturated rings. The van der Waals surface area contributed by atoms with Crippen molar-refractivity contribution in [2.45, 2.75) is 33.2 Å². The van der Waals surface area contributed by atoms with Crippen LogP contribution in [-0.4, -0.2) is 22.3 Å². The van der Waals surface area contributed by atoms with Gasteiger partial charge in [-0.05, 0) is 31.0 Å². The van der Waals surface area contributed by atoms with Gasteiger partial charge < -0.3 is 9.73 Å². The molecule has 1 aromatic heterocycles. The molecule has 2 rings (SSSR count). The Morgan fingerprint density at radius 1 is 1.29 bits per heavy atom. The average Bonchev–Trinajstić information content (AvgIpc) is 2.88. The van der Waals surface area contributed by atoms with Gasteiger partial charge in [0.05, 0.1) is 6.04 Å². The van der Waals surface area contributed by atoms with Gasteiger partial charge in [-0.25, -0.2) is 0 Å². The average molecular weight is 307 g/mol. The van der Waals surface area contributed by atoms with Crippen molar-refractivity contribution in [3.05, 3.63) is 36.1 Å². The molecule has 1 heterocycles. The summed E-state index contributed by atoms with van der Waals surface area (Å²) in [4.78, 5) is 0. The smallest absolute Gasteiger partial charge is 0.134 e. The Morgan fingerprint density at radius 3 is 2.71 bits per heavy atom. The van der Waals surface area contributed by atoms with Gasteiger partial charge in [0.25, 0.3) is 0 Å². The number of rotatable bonds is 8. The van der Waals surface area contributed by atoms with Gasteiger partial charge in [0, 0.05) is 27.7 Å². The van der Waals surface area contributed by atoms with Gasteiger partial charge >= 0.3 is 0 Å². The number of hydrogen-bond donors (Lipinski definition) is 1. The number of para-hydroxylation sites is 1. The first-order valence-electron chi connectivity index (χ1n) is 7.67. The van der Waals surface area contributed by atoms with Crippen LogP contribution in [0.25, 0.3) is 11.0 Å². The second-order valence-corrected chi connectivity index (χ2v) is 7.41. The van der Waals surface area contributed by atoms with Crippen molar-refractivity contribution < 1.29 is 8.63 Å². The van der Waals surface area contributed by atoms with E-state index in [4.69, 9.17) is 4.42 Å². The molecule has 4 heteroatoms. The molecule has 2 unspecified atom stereocenters. The molecule has 0 saturated carbocycles. The van der Waals surface area contributed by atoms with E-state index in [9.17, 15) is 4.21 Å². The highest BCUT2D eigenvalue weighted by Crippen LogP contribution is 2.24. The maximum absolute atomic E-state index is 12.3. The van der Waals surface area contributed by atoms with E-state index in [1.54, 1.807) is 0 Å². The molecule has 2 aromatic rings. The molecule has 3 nitrogen and oxygen atoms in total. The molecule has 2 atom stereocenters. The van der Waals surface area contributed by atoms with Gasteiger partial charge in [-0.3, -0.25) is 4.21 Å². The summed E-state index contributed by atoms with van der Waals surface area (Å²) in [5, 5.41) is 4.49. The molecule has 116 valence electrons. The fourth-order valence-electron chi connectivity index (χ4n) is 2.30. The van der Waals surface area contributed by atoms with Crippen molar-refractivity contribution >= 4 is 21.8 Å². The van der Waals surface area contributed by atoms with E-state index >= 15 is 0 Å². The molecule has 0 aliphatic heterocycles. The third kappa shape index (κ3) is 4.68. The van der Waals surface area contributed by atoms with Gasteiger partial charge in [-0.2, -0.15) is 0 Å². The van der Waals surface area contributed by atoms with E-state index in [0.717, 1.165) is 35.4 Å². The summed E-state index contributed by atoms with van der Waals surface area (Å²) in [5.74, 6) is 2.86. The lowest BCUT2D eigenvalue weighted by molar-refractivity contribution is 0.461. The Balaban J connectivity index is 2.08. The molecule has 0 radical (unpaired) electrons. The molecule has 21 heavy (non-hydrogen) atoms. The van der Waals surface area contributed by atoms with Crippen LogP contribution in [0, 0.1) is 5.92 Å². The van der Waals surface area contributed by atoms with Gasteiger partial charge in [-0.1, -0.05) is 39.0 Å². The minimum absolute atomic E-state index is 0.0235. The predicted molar refractivity (Wildman–Crippen MR) is 90.0 cm³/mol. The second kappa shape index (κ2) is 7.76. The van der Waals surface area contributed by atoms with Crippen molar-refractivity contribution in [3.8, 4) is 0 Å². The predicted octanol–water partition coefficient (Wildman–Crippen LogP) is 3.88. The van der Waals surface area contributed by atoms with Crippen molar-refractivity contribution in [3.63, 3.8) is 0 Å². The lowest BCUT2D eigenvalue weighted by atomic mass is 10.2. The zero-order chi connectivity index (χ0) is 15.2. The first-order valence-corrected chi connectivity index (χ1v) is 9.15. The van der Waals surface area contributed by atoms with E-state index in [1.807, 2.05) is 24.3 Å². The van der Waals surface area contributed by atoms with Gasteiger partial charge in [0.15, 0.2) is 0 Å². The van der Waals surface area contributed by atoms with Crippen LogP contribution in [0.5, 0.6) is 0 Å². The normalized spacial score (nSPS) is 14.7. The summed E-state index contributed by atoms with van der Waals surface area (Å²) in [7, 11) is -0.817. The number of hydrogen-bond acceptors (Lipinski definition) is 3. The van der Waals surface area contributed by atoms with Gasteiger partial charge in [-0.15, -0.1) is 0 Å². The summed E-state index contributed by atoms with van der Waals surface area (Å²) < 4.78 is 18.2. The number of nitrogens with one attached hydrogen (secondary N) is 1. The third-order valence-electron chi connectivity index (χ3n) is 3.51. The summed E-state index contributed by atoms with van der Waals surface area (Å²) in [6, 6.07) is 10.1. The highest BCUT2D eigenvalue weighted by Gasteiger charge is 2.18. The summed E-state index contributed by atoms with van der Waals surface area (Å²) in [6.07, 6.45) is 1.01. The molecule has 0 amide bonds. The van der Waals surface area contributed by atoms with E-state index < -0.39 is 10.8 Å². The van der Waals surface area contributed by atoms with E-state index in [2.05, 4.69) is 32.2 Å². The molecular formula is C17H25NO2S. The molecular weight excluding hydrogens is 282 g/mol. The van der Waals surface area contributed by atoms with Crippen molar-refractivity contribution in [1.29, 1.82) is 0 Å². The monoisotopic (exact) mass is 307 g/mol. The topological polar surface area (TPSA) is 42.2 Å². The molecule has 0 aliphatic carbocycles. The summed E-state index contributed by atoms with van der Waals surface area (Å²) in [6.45, 7) is 7.23. The van der Waals surface area contributed by atoms with E-state index in [0.29, 0.717) is 11.7 Å². The standard InChI is InChI=1S/C17H25NO2S/c1-4-18-15(12-21(19)10-9-13(2)3)17-11-14-7-5-6-8-16(14)20-17/h5-8,11,13,15,18H,4,9-10,12H2,1-3H3. The largest absolute Gasteiger partial charge is 0.459 e. The fraction of sp³-hybridized carbons (Fsp3) is 0.529. The van der Waals surface area contributed by atoms with Crippen molar-refractivity contribution in [2.75, 3.05) is 18.1 Å².